The summed E-state index contributed by atoms with van der Waals surface area (Å²) in [5, 5.41) is 0. The molecule has 1 heteroatoms. The highest BCUT2D eigenvalue weighted by atomic mass is 15.1. The van der Waals surface area contributed by atoms with E-state index in [9.17, 15) is 0 Å². The van der Waals surface area contributed by atoms with Gasteiger partial charge in [0, 0.05) is 19.6 Å². The van der Waals surface area contributed by atoms with Crippen LogP contribution < -0.4 is 0 Å². The molecule has 0 aromatic rings. The highest BCUT2D eigenvalue weighted by molar-refractivity contribution is 4.86. The predicted octanol–water partition coefficient (Wildman–Crippen LogP) is 2.15. The summed E-state index contributed by atoms with van der Waals surface area (Å²) >= 11 is 0. The molecule has 0 radical (unpaired) electrons. The average molecular weight is 153 g/mol. The van der Waals surface area contributed by atoms with Crippen molar-refractivity contribution in [3.8, 4) is 0 Å². The van der Waals surface area contributed by atoms with E-state index in [4.69, 9.17) is 0 Å². The summed E-state index contributed by atoms with van der Waals surface area (Å²) in [4.78, 5) is 2.52. The van der Waals surface area contributed by atoms with Crippen LogP contribution in [0, 0.1) is 11.8 Å². The second-order valence-electron chi connectivity index (χ2n) is 3.74. The Bertz CT molecular complexity index is 130. The molecule has 64 valence electrons. The zero-order valence-electron chi connectivity index (χ0n) is 7.88. The smallest absolute Gasteiger partial charge is 0.0163 e. The number of rotatable bonds is 2. The standard InChI is InChI=1S/C10H19N/c1-4-5-6-11-7-9(2)10(3)8-11/h4-5,9-10H,6-8H2,1-3H3/b5-4+/t9-,10?/m1/s1. The van der Waals surface area contributed by atoms with Crippen molar-refractivity contribution in [2.24, 2.45) is 11.8 Å². The summed E-state index contributed by atoms with van der Waals surface area (Å²) in [6.45, 7) is 10.5. The molecule has 0 bridgehead atoms. The Morgan fingerprint density at radius 1 is 1.27 bits per heavy atom. The van der Waals surface area contributed by atoms with Crippen LogP contribution in [-0.4, -0.2) is 24.5 Å². The van der Waals surface area contributed by atoms with Gasteiger partial charge in [0.2, 0.25) is 0 Å². The van der Waals surface area contributed by atoms with Crippen molar-refractivity contribution in [2.75, 3.05) is 19.6 Å². The van der Waals surface area contributed by atoms with Gasteiger partial charge in [0.15, 0.2) is 0 Å². The lowest BCUT2D eigenvalue weighted by atomic mass is 10.0. The molecule has 1 fully saturated rings. The molecule has 0 aromatic heterocycles. The topological polar surface area (TPSA) is 3.24 Å². The molecule has 1 heterocycles. The molecular formula is C10H19N. The summed E-state index contributed by atoms with van der Waals surface area (Å²) in [6.07, 6.45) is 4.37. The number of likely N-dealkylation sites (tertiary alicyclic amines) is 1. The van der Waals surface area contributed by atoms with Crippen LogP contribution in [0.4, 0.5) is 0 Å². The fourth-order valence-electron chi connectivity index (χ4n) is 1.65. The molecule has 1 saturated heterocycles. The molecule has 0 amide bonds. The summed E-state index contributed by atoms with van der Waals surface area (Å²) in [5.41, 5.74) is 0. The summed E-state index contributed by atoms with van der Waals surface area (Å²) in [6, 6.07) is 0. The molecule has 0 saturated carbocycles. The second-order valence-corrected chi connectivity index (χ2v) is 3.74. The molecule has 1 unspecified atom stereocenters. The van der Waals surface area contributed by atoms with Gasteiger partial charge in [-0.15, -0.1) is 0 Å². The maximum Gasteiger partial charge on any atom is 0.0163 e. The van der Waals surface area contributed by atoms with E-state index in [1.165, 1.54) is 13.1 Å². The van der Waals surface area contributed by atoms with Crippen LogP contribution in [0.3, 0.4) is 0 Å². The molecule has 2 atom stereocenters. The third kappa shape index (κ3) is 2.33. The van der Waals surface area contributed by atoms with Crippen molar-refractivity contribution in [2.45, 2.75) is 20.8 Å². The first-order valence-electron chi connectivity index (χ1n) is 4.57. The van der Waals surface area contributed by atoms with Gasteiger partial charge in [0.25, 0.3) is 0 Å². The maximum atomic E-state index is 2.52. The van der Waals surface area contributed by atoms with Crippen LogP contribution in [-0.2, 0) is 0 Å². The van der Waals surface area contributed by atoms with Gasteiger partial charge in [-0.2, -0.15) is 0 Å². The van der Waals surface area contributed by atoms with E-state index in [-0.39, 0.29) is 0 Å². The first-order valence-corrected chi connectivity index (χ1v) is 4.57. The van der Waals surface area contributed by atoms with Gasteiger partial charge in [-0.25, -0.2) is 0 Å². The van der Waals surface area contributed by atoms with E-state index in [1.807, 2.05) is 0 Å². The number of hydrogen-bond donors (Lipinski definition) is 0. The van der Waals surface area contributed by atoms with Gasteiger partial charge < -0.3 is 0 Å². The van der Waals surface area contributed by atoms with Crippen molar-refractivity contribution in [1.82, 2.24) is 4.90 Å². The number of hydrogen-bond acceptors (Lipinski definition) is 1. The highest BCUT2D eigenvalue weighted by Crippen LogP contribution is 2.21. The van der Waals surface area contributed by atoms with Crippen molar-refractivity contribution < 1.29 is 0 Å². The van der Waals surface area contributed by atoms with Crippen LogP contribution in [0.2, 0.25) is 0 Å². The van der Waals surface area contributed by atoms with Crippen LogP contribution in [0.1, 0.15) is 20.8 Å². The third-order valence-electron chi connectivity index (χ3n) is 2.66. The van der Waals surface area contributed by atoms with Crippen LogP contribution in [0.15, 0.2) is 12.2 Å². The Balaban J connectivity index is 2.29. The lowest BCUT2D eigenvalue weighted by Crippen LogP contribution is -2.20. The molecule has 1 aliphatic heterocycles. The largest absolute Gasteiger partial charge is 0.299 e. The monoisotopic (exact) mass is 153 g/mol. The van der Waals surface area contributed by atoms with Crippen molar-refractivity contribution in [3.05, 3.63) is 12.2 Å². The fraction of sp³-hybridized carbons (Fsp3) is 0.800. The quantitative estimate of drug-likeness (QED) is 0.549. The normalized spacial score (nSPS) is 33.7. The minimum Gasteiger partial charge on any atom is -0.299 e. The molecule has 11 heavy (non-hydrogen) atoms. The van der Waals surface area contributed by atoms with E-state index in [0.29, 0.717) is 0 Å². The van der Waals surface area contributed by atoms with Gasteiger partial charge in [-0.3, -0.25) is 4.90 Å². The molecule has 0 N–H and O–H groups in total. The Morgan fingerprint density at radius 2 is 1.82 bits per heavy atom. The Labute approximate surface area is 70.1 Å². The van der Waals surface area contributed by atoms with E-state index in [0.717, 1.165) is 18.4 Å². The van der Waals surface area contributed by atoms with E-state index >= 15 is 0 Å². The van der Waals surface area contributed by atoms with Gasteiger partial charge >= 0.3 is 0 Å². The molecular weight excluding hydrogens is 134 g/mol. The second kappa shape index (κ2) is 3.91. The molecule has 0 aromatic carbocycles. The van der Waals surface area contributed by atoms with Gasteiger partial charge in [-0.05, 0) is 18.8 Å². The lowest BCUT2D eigenvalue weighted by Gasteiger charge is -2.11. The average Bonchev–Trinajstić information content (AvgIpc) is 2.28. The van der Waals surface area contributed by atoms with Crippen LogP contribution >= 0.6 is 0 Å². The Morgan fingerprint density at radius 3 is 2.27 bits per heavy atom. The number of nitrogens with zero attached hydrogens (tertiary/aromatic N) is 1. The van der Waals surface area contributed by atoms with Gasteiger partial charge in [0.05, 0.1) is 0 Å². The van der Waals surface area contributed by atoms with E-state index in [1.54, 1.807) is 0 Å². The zero-order valence-corrected chi connectivity index (χ0v) is 7.88. The minimum absolute atomic E-state index is 0.889. The lowest BCUT2D eigenvalue weighted by molar-refractivity contribution is 0.359. The van der Waals surface area contributed by atoms with Crippen LogP contribution in [0.5, 0.6) is 0 Å². The maximum absolute atomic E-state index is 2.52. The van der Waals surface area contributed by atoms with Crippen molar-refractivity contribution >= 4 is 0 Å². The summed E-state index contributed by atoms with van der Waals surface area (Å²) in [5.74, 6) is 1.78. The highest BCUT2D eigenvalue weighted by Gasteiger charge is 2.24. The van der Waals surface area contributed by atoms with Gasteiger partial charge in [-0.1, -0.05) is 26.0 Å². The summed E-state index contributed by atoms with van der Waals surface area (Å²) < 4.78 is 0. The van der Waals surface area contributed by atoms with Gasteiger partial charge in [0.1, 0.15) is 0 Å². The first-order chi connectivity index (χ1) is 5.24. The van der Waals surface area contributed by atoms with E-state index < -0.39 is 0 Å². The van der Waals surface area contributed by atoms with E-state index in [2.05, 4.69) is 37.8 Å². The third-order valence-corrected chi connectivity index (χ3v) is 2.66. The SMILES string of the molecule is C/C=C/CN1CC(C)[C@H](C)C1. The predicted molar refractivity (Wildman–Crippen MR) is 49.6 cm³/mol. The fourth-order valence-corrected chi connectivity index (χ4v) is 1.65. The molecule has 1 rings (SSSR count). The Hall–Kier alpha value is -0.300. The Kier molecular flexibility index (Phi) is 3.13. The molecule has 1 nitrogen and oxygen atoms in total. The summed E-state index contributed by atoms with van der Waals surface area (Å²) in [7, 11) is 0. The van der Waals surface area contributed by atoms with Crippen molar-refractivity contribution in [1.29, 1.82) is 0 Å². The van der Waals surface area contributed by atoms with Crippen molar-refractivity contribution in [3.63, 3.8) is 0 Å². The molecule has 0 aliphatic carbocycles. The molecule has 0 spiro atoms. The van der Waals surface area contributed by atoms with Crippen LogP contribution in [0.25, 0.3) is 0 Å². The zero-order chi connectivity index (χ0) is 8.27. The molecule has 1 aliphatic rings. The number of allylic oxidation sites excluding steroid dienone is 1. The minimum atomic E-state index is 0.889. The first kappa shape index (κ1) is 8.79.